The first kappa shape index (κ1) is 9.66. The largest absolute Gasteiger partial charge is 0.238 e. The lowest BCUT2D eigenvalue weighted by molar-refractivity contribution is 0.199. The second-order valence-electron chi connectivity index (χ2n) is 3.04. The van der Waals surface area contributed by atoms with Crippen LogP contribution in [0.5, 0.6) is 0 Å². The van der Waals surface area contributed by atoms with E-state index in [1.807, 2.05) is 0 Å². The van der Waals surface area contributed by atoms with Crippen LogP contribution in [0.1, 0.15) is 18.9 Å². The minimum Gasteiger partial charge on any atom is -0.238 e. The van der Waals surface area contributed by atoms with Gasteiger partial charge in [0.2, 0.25) is 0 Å². The van der Waals surface area contributed by atoms with Crippen LogP contribution in [0.2, 0.25) is 0 Å². The minimum absolute atomic E-state index is 0.224. The van der Waals surface area contributed by atoms with Crippen LogP contribution < -0.4 is 0 Å². The van der Waals surface area contributed by atoms with E-state index in [-0.39, 0.29) is 6.42 Å². The van der Waals surface area contributed by atoms with Crippen molar-refractivity contribution < 1.29 is 8.78 Å². The van der Waals surface area contributed by atoms with Gasteiger partial charge in [-0.15, -0.1) is 0 Å². The molecule has 0 amide bonds. The Morgan fingerprint density at radius 1 is 1.38 bits per heavy atom. The maximum atomic E-state index is 13.6. The second-order valence-corrected chi connectivity index (χ2v) is 3.04. The van der Waals surface area contributed by atoms with Gasteiger partial charge in [-0.05, 0) is 24.6 Å². The molecule has 0 fully saturated rings. The number of nitriles is 1. The molecule has 1 nitrogen and oxygen atoms in total. The van der Waals surface area contributed by atoms with Crippen molar-refractivity contribution in [2.75, 3.05) is 0 Å². The maximum absolute atomic E-state index is 13.6. The molecule has 0 aliphatic carbocycles. The van der Waals surface area contributed by atoms with Crippen molar-refractivity contribution in [3.63, 3.8) is 0 Å². The molecule has 0 aromatic heterocycles. The summed E-state index contributed by atoms with van der Waals surface area (Å²) < 4.78 is 26.1. The van der Waals surface area contributed by atoms with Crippen LogP contribution in [0.4, 0.5) is 8.78 Å². The molecule has 1 aromatic rings. The molecule has 1 atom stereocenters. The monoisotopic (exact) mass is 181 g/mol. The molecule has 1 unspecified atom stereocenters. The average molecular weight is 181 g/mol. The maximum Gasteiger partial charge on any atom is 0.146 e. The fourth-order valence-corrected chi connectivity index (χ4v) is 1.05. The summed E-state index contributed by atoms with van der Waals surface area (Å²) in [4.78, 5) is 0. The van der Waals surface area contributed by atoms with Gasteiger partial charge in [-0.1, -0.05) is 12.1 Å². The van der Waals surface area contributed by atoms with E-state index in [0.29, 0.717) is 5.56 Å². The van der Waals surface area contributed by atoms with Crippen molar-refractivity contribution in [2.45, 2.75) is 19.0 Å². The first-order valence-corrected chi connectivity index (χ1v) is 3.88. The smallest absolute Gasteiger partial charge is 0.146 e. The Hall–Kier alpha value is -1.43. The molecule has 0 saturated heterocycles. The summed E-state index contributed by atoms with van der Waals surface area (Å²) >= 11 is 0. The van der Waals surface area contributed by atoms with Gasteiger partial charge in [0.1, 0.15) is 11.5 Å². The first-order chi connectivity index (χ1) is 6.06. The van der Waals surface area contributed by atoms with Crippen molar-refractivity contribution in [1.29, 1.82) is 5.26 Å². The number of halogens is 2. The van der Waals surface area contributed by atoms with Crippen LogP contribution in [-0.4, -0.2) is 0 Å². The van der Waals surface area contributed by atoms with E-state index in [2.05, 4.69) is 0 Å². The van der Waals surface area contributed by atoms with Crippen LogP contribution in [0.25, 0.3) is 0 Å². The molecule has 0 heterocycles. The fraction of sp³-hybridized carbons (Fsp3) is 0.300. The fourth-order valence-electron chi connectivity index (χ4n) is 1.05. The van der Waals surface area contributed by atoms with Crippen LogP contribution in [0, 0.1) is 17.1 Å². The molecule has 0 aliphatic heterocycles. The van der Waals surface area contributed by atoms with E-state index >= 15 is 0 Å². The summed E-state index contributed by atoms with van der Waals surface area (Å²) in [6, 6.07) is 6.83. The van der Waals surface area contributed by atoms with Crippen molar-refractivity contribution in [2.24, 2.45) is 0 Å². The molecule has 0 spiro atoms. The highest BCUT2D eigenvalue weighted by atomic mass is 19.1. The van der Waals surface area contributed by atoms with Gasteiger partial charge < -0.3 is 0 Å². The minimum atomic E-state index is -1.69. The van der Waals surface area contributed by atoms with Crippen LogP contribution in [-0.2, 0) is 5.67 Å². The van der Waals surface area contributed by atoms with Gasteiger partial charge in [-0.2, -0.15) is 5.26 Å². The highest BCUT2D eigenvalue weighted by molar-refractivity contribution is 5.23. The number of rotatable bonds is 2. The summed E-state index contributed by atoms with van der Waals surface area (Å²) in [5, 5.41) is 8.35. The number of benzene rings is 1. The Morgan fingerprint density at radius 3 is 2.38 bits per heavy atom. The van der Waals surface area contributed by atoms with E-state index in [9.17, 15) is 8.78 Å². The van der Waals surface area contributed by atoms with E-state index in [4.69, 9.17) is 5.26 Å². The Morgan fingerprint density at radius 2 is 1.92 bits per heavy atom. The van der Waals surface area contributed by atoms with E-state index < -0.39 is 11.5 Å². The Labute approximate surface area is 75.6 Å². The van der Waals surface area contributed by atoms with Crippen LogP contribution >= 0.6 is 0 Å². The molecular formula is C10H9F2N. The van der Waals surface area contributed by atoms with Gasteiger partial charge in [-0.25, -0.2) is 8.78 Å². The van der Waals surface area contributed by atoms with Gasteiger partial charge in [0.25, 0.3) is 0 Å². The summed E-state index contributed by atoms with van der Waals surface area (Å²) in [6.45, 7) is 1.31. The highest BCUT2D eigenvalue weighted by Crippen LogP contribution is 2.28. The molecular weight excluding hydrogens is 172 g/mol. The summed E-state index contributed by atoms with van der Waals surface area (Å²) in [6.07, 6.45) is -0.224. The van der Waals surface area contributed by atoms with Gasteiger partial charge in [-0.3, -0.25) is 0 Å². The third kappa shape index (κ3) is 2.25. The van der Waals surface area contributed by atoms with Gasteiger partial charge in [0.05, 0.1) is 12.5 Å². The third-order valence-electron chi connectivity index (χ3n) is 1.86. The summed E-state index contributed by atoms with van der Waals surface area (Å²) in [7, 11) is 0. The Balaban J connectivity index is 2.95. The SMILES string of the molecule is CC(F)(CC#N)c1ccc(F)cc1. The molecule has 0 N–H and O–H groups in total. The number of alkyl halides is 1. The molecule has 1 rings (SSSR count). The quantitative estimate of drug-likeness (QED) is 0.688. The number of hydrogen-bond donors (Lipinski definition) is 0. The lowest BCUT2D eigenvalue weighted by Gasteiger charge is -2.16. The van der Waals surface area contributed by atoms with Crippen molar-refractivity contribution in [1.82, 2.24) is 0 Å². The van der Waals surface area contributed by atoms with Gasteiger partial charge in [0, 0.05) is 0 Å². The predicted octanol–water partition coefficient (Wildman–Crippen LogP) is 2.92. The molecule has 0 aliphatic rings. The van der Waals surface area contributed by atoms with E-state index in [1.54, 1.807) is 6.07 Å². The molecule has 68 valence electrons. The first-order valence-electron chi connectivity index (χ1n) is 3.88. The Bertz CT molecular complexity index is 322. The average Bonchev–Trinajstić information content (AvgIpc) is 2.05. The molecule has 13 heavy (non-hydrogen) atoms. The Kier molecular flexibility index (Phi) is 2.62. The number of nitrogens with zero attached hydrogens (tertiary/aromatic N) is 1. The van der Waals surface area contributed by atoms with Gasteiger partial charge >= 0.3 is 0 Å². The second kappa shape index (κ2) is 3.53. The summed E-state index contributed by atoms with van der Waals surface area (Å²) in [5.74, 6) is -0.406. The predicted molar refractivity (Wildman–Crippen MR) is 45.1 cm³/mol. The van der Waals surface area contributed by atoms with Crippen molar-refractivity contribution in [3.05, 3.63) is 35.6 Å². The zero-order chi connectivity index (χ0) is 9.90. The normalized spacial score (nSPS) is 14.6. The van der Waals surface area contributed by atoms with Crippen molar-refractivity contribution in [3.8, 4) is 6.07 Å². The molecule has 1 aromatic carbocycles. The van der Waals surface area contributed by atoms with Gasteiger partial charge in [0.15, 0.2) is 0 Å². The zero-order valence-electron chi connectivity index (χ0n) is 7.22. The van der Waals surface area contributed by atoms with E-state index in [0.717, 1.165) is 0 Å². The van der Waals surface area contributed by atoms with Crippen LogP contribution in [0.3, 0.4) is 0 Å². The molecule has 0 radical (unpaired) electrons. The van der Waals surface area contributed by atoms with Crippen LogP contribution in [0.15, 0.2) is 24.3 Å². The van der Waals surface area contributed by atoms with E-state index in [1.165, 1.54) is 31.2 Å². The lowest BCUT2D eigenvalue weighted by Crippen LogP contribution is -2.13. The molecule has 0 bridgehead atoms. The number of hydrogen-bond acceptors (Lipinski definition) is 1. The third-order valence-corrected chi connectivity index (χ3v) is 1.86. The lowest BCUT2D eigenvalue weighted by atomic mass is 9.95. The highest BCUT2D eigenvalue weighted by Gasteiger charge is 2.25. The van der Waals surface area contributed by atoms with Crippen molar-refractivity contribution >= 4 is 0 Å². The topological polar surface area (TPSA) is 23.8 Å². The molecule has 3 heteroatoms. The summed E-state index contributed by atoms with van der Waals surface area (Å²) in [5.41, 5.74) is -1.36. The zero-order valence-corrected chi connectivity index (χ0v) is 7.22. The standard InChI is InChI=1S/C10H9F2N/c1-10(12,6-7-13)8-2-4-9(11)5-3-8/h2-5H,6H2,1H3. The molecule has 0 saturated carbocycles.